The number of halogens is 1. The van der Waals surface area contributed by atoms with Gasteiger partial charge in [-0.3, -0.25) is 4.99 Å². The molecule has 1 aromatic rings. The Morgan fingerprint density at radius 3 is 2.71 bits per heavy atom. The van der Waals surface area contributed by atoms with Gasteiger partial charge in [0.25, 0.3) is 0 Å². The Balaban J connectivity index is 2.36. The summed E-state index contributed by atoms with van der Waals surface area (Å²) in [7, 11) is 5.63. The molecule has 0 aliphatic heterocycles. The number of unbranched alkanes of at least 4 members (excludes halogenated alkanes) is 2. The number of rotatable bonds is 8. The zero-order valence-corrected chi connectivity index (χ0v) is 14.8. The normalized spacial score (nSPS) is 11.5. The summed E-state index contributed by atoms with van der Waals surface area (Å²) in [5, 5.41) is 3.41. The molecule has 0 amide bonds. The van der Waals surface area contributed by atoms with E-state index in [1.54, 1.807) is 7.11 Å². The fourth-order valence-electron chi connectivity index (χ4n) is 2.09. The smallest absolute Gasteiger partial charge is 0.193 e. The van der Waals surface area contributed by atoms with Gasteiger partial charge in [-0.25, -0.2) is 0 Å². The SMILES string of the molecule is CN=C(NCCCCCOC)N(C)Cc1ccccc1Br. The van der Waals surface area contributed by atoms with Crippen LogP contribution in [0.4, 0.5) is 0 Å². The van der Waals surface area contributed by atoms with Crippen LogP contribution in [0.25, 0.3) is 0 Å². The standard InChI is InChI=1S/C16H26BrN3O/c1-18-16(19-11-7-4-8-12-21-3)20(2)13-14-9-5-6-10-15(14)17/h5-6,9-10H,4,7-8,11-13H2,1-3H3,(H,18,19). The highest BCUT2D eigenvalue weighted by molar-refractivity contribution is 9.10. The second-order valence-corrected chi connectivity index (χ2v) is 5.83. The van der Waals surface area contributed by atoms with Crippen molar-refractivity contribution >= 4 is 21.9 Å². The van der Waals surface area contributed by atoms with E-state index in [1.807, 2.05) is 13.1 Å². The number of nitrogens with one attached hydrogen (secondary N) is 1. The van der Waals surface area contributed by atoms with E-state index >= 15 is 0 Å². The van der Waals surface area contributed by atoms with Gasteiger partial charge in [-0.05, 0) is 30.9 Å². The molecule has 1 rings (SSSR count). The predicted octanol–water partition coefficient (Wildman–Crippen LogP) is 3.27. The third-order valence-electron chi connectivity index (χ3n) is 3.25. The number of hydrogen-bond donors (Lipinski definition) is 1. The monoisotopic (exact) mass is 355 g/mol. The molecule has 21 heavy (non-hydrogen) atoms. The van der Waals surface area contributed by atoms with E-state index in [0.29, 0.717) is 0 Å². The van der Waals surface area contributed by atoms with Crippen molar-refractivity contribution in [3.8, 4) is 0 Å². The molecule has 0 saturated carbocycles. The summed E-state index contributed by atoms with van der Waals surface area (Å²) in [6.45, 7) is 2.61. The average Bonchev–Trinajstić information content (AvgIpc) is 2.49. The molecule has 0 aliphatic rings. The summed E-state index contributed by atoms with van der Waals surface area (Å²) >= 11 is 3.58. The largest absolute Gasteiger partial charge is 0.385 e. The van der Waals surface area contributed by atoms with Crippen LogP contribution in [0.1, 0.15) is 24.8 Å². The summed E-state index contributed by atoms with van der Waals surface area (Å²) in [5.74, 6) is 0.928. The van der Waals surface area contributed by atoms with Crippen molar-refractivity contribution < 1.29 is 4.74 Å². The van der Waals surface area contributed by atoms with Crippen LogP contribution in [0.3, 0.4) is 0 Å². The second-order valence-electron chi connectivity index (χ2n) is 4.97. The van der Waals surface area contributed by atoms with Gasteiger partial charge in [0.2, 0.25) is 0 Å². The number of hydrogen-bond acceptors (Lipinski definition) is 2. The fourth-order valence-corrected chi connectivity index (χ4v) is 2.50. The molecule has 0 bridgehead atoms. The van der Waals surface area contributed by atoms with Crippen LogP contribution in [0.15, 0.2) is 33.7 Å². The topological polar surface area (TPSA) is 36.9 Å². The highest BCUT2D eigenvalue weighted by atomic mass is 79.9. The first-order valence-corrected chi connectivity index (χ1v) is 8.12. The predicted molar refractivity (Wildman–Crippen MR) is 92.7 cm³/mol. The van der Waals surface area contributed by atoms with Crippen molar-refractivity contribution in [1.82, 2.24) is 10.2 Å². The molecule has 0 aromatic heterocycles. The van der Waals surface area contributed by atoms with Crippen molar-refractivity contribution in [3.63, 3.8) is 0 Å². The summed E-state index contributed by atoms with van der Waals surface area (Å²) in [4.78, 5) is 6.47. The van der Waals surface area contributed by atoms with Crippen molar-refractivity contribution in [1.29, 1.82) is 0 Å². The van der Waals surface area contributed by atoms with E-state index in [9.17, 15) is 0 Å². The Morgan fingerprint density at radius 2 is 2.05 bits per heavy atom. The number of nitrogens with zero attached hydrogens (tertiary/aromatic N) is 2. The maximum absolute atomic E-state index is 5.05. The third kappa shape index (κ3) is 6.96. The Kier molecular flexibility index (Phi) is 9.10. The molecule has 118 valence electrons. The lowest BCUT2D eigenvalue weighted by Crippen LogP contribution is -2.38. The maximum Gasteiger partial charge on any atom is 0.193 e. The minimum absolute atomic E-state index is 0.824. The van der Waals surface area contributed by atoms with E-state index in [2.05, 4.69) is 56.4 Å². The second kappa shape index (κ2) is 10.6. The molecule has 0 unspecified atom stereocenters. The molecule has 0 spiro atoms. The van der Waals surface area contributed by atoms with Gasteiger partial charge in [0.1, 0.15) is 0 Å². The van der Waals surface area contributed by atoms with E-state index in [0.717, 1.165) is 43.0 Å². The van der Waals surface area contributed by atoms with E-state index in [4.69, 9.17) is 4.74 Å². The minimum atomic E-state index is 0.824. The van der Waals surface area contributed by atoms with Gasteiger partial charge in [-0.15, -0.1) is 0 Å². The van der Waals surface area contributed by atoms with Crippen LogP contribution in [0.2, 0.25) is 0 Å². The molecule has 0 saturated heterocycles. The van der Waals surface area contributed by atoms with Crippen LogP contribution >= 0.6 is 15.9 Å². The molecule has 1 N–H and O–H groups in total. The van der Waals surface area contributed by atoms with Crippen LogP contribution in [-0.2, 0) is 11.3 Å². The quantitative estimate of drug-likeness (QED) is 0.441. The van der Waals surface area contributed by atoms with Gasteiger partial charge in [-0.2, -0.15) is 0 Å². The van der Waals surface area contributed by atoms with Gasteiger partial charge >= 0.3 is 0 Å². The summed E-state index contributed by atoms with van der Waals surface area (Å²) in [6, 6.07) is 8.27. The first-order valence-electron chi connectivity index (χ1n) is 7.33. The zero-order valence-electron chi connectivity index (χ0n) is 13.2. The van der Waals surface area contributed by atoms with Gasteiger partial charge in [0.05, 0.1) is 0 Å². The molecular weight excluding hydrogens is 330 g/mol. The molecule has 0 heterocycles. The van der Waals surface area contributed by atoms with Gasteiger partial charge in [0.15, 0.2) is 5.96 Å². The molecule has 0 aliphatic carbocycles. The summed E-state index contributed by atoms with van der Waals surface area (Å²) in [5.41, 5.74) is 1.25. The lowest BCUT2D eigenvalue weighted by Gasteiger charge is -2.22. The molecule has 1 aromatic carbocycles. The Morgan fingerprint density at radius 1 is 1.29 bits per heavy atom. The molecular formula is C16H26BrN3O. The Bertz CT molecular complexity index is 437. The van der Waals surface area contributed by atoms with Crippen LogP contribution in [0.5, 0.6) is 0 Å². The number of benzene rings is 1. The molecule has 5 heteroatoms. The molecule has 0 radical (unpaired) electrons. The average molecular weight is 356 g/mol. The number of ether oxygens (including phenoxy) is 1. The van der Waals surface area contributed by atoms with E-state index in [1.165, 1.54) is 12.0 Å². The maximum atomic E-state index is 5.05. The Hall–Kier alpha value is -1.07. The zero-order chi connectivity index (χ0) is 15.5. The number of aliphatic imine (C=N–C) groups is 1. The van der Waals surface area contributed by atoms with Crippen molar-refractivity contribution in [3.05, 3.63) is 34.3 Å². The van der Waals surface area contributed by atoms with Gasteiger partial charge < -0.3 is 15.0 Å². The molecule has 0 atom stereocenters. The lowest BCUT2D eigenvalue weighted by atomic mass is 10.2. The molecule has 0 fully saturated rings. The highest BCUT2D eigenvalue weighted by Crippen LogP contribution is 2.17. The molecule has 4 nitrogen and oxygen atoms in total. The lowest BCUT2D eigenvalue weighted by molar-refractivity contribution is 0.192. The van der Waals surface area contributed by atoms with Crippen molar-refractivity contribution in [2.75, 3.05) is 34.4 Å². The summed E-state index contributed by atoms with van der Waals surface area (Å²) in [6.07, 6.45) is 3.42. The first-order chi connectivity index (χ1) is 10.2. The minimum Gasteiger partial charge on any atom is -0.385 e. The van der Waals surface area contributed by atoms with Crippen molar-refractivity contribution in [2.24, 2.45) is 4.99 Å². The van der Waals surface area contributed by atoms with E-state index in [-0.39, 0.29) is 0 Å². The number of methoxy groups -OCH3 is 1. The fraction of sp³-hybridized carbons (Fsp3) is 0.562. The van der Waals surface area contributed by atoms with Crippen LogP contribution in [-0.4, -0.2) is 45.2 Å². The highest BCUT2D eigenvalue weighted by Gasteiger charge is 2.07. The van der Waals surface area contributed by atoms with Crippen LogP contribution < -0.4 is 5.32 Å². The van der Waals surface area contributed by atoms with E-state index < -0.39 is 0 Å². The van der Waals surface area contributed by atoms with Crippen molar-refractivity contribution in [2.45, 2.75) is 25.8 Å². The van der Waals surface area contributed by atoms with Gasteiger partial charge in [-0.1, -0.05) is 34.1 Å². The summed E-state index contributed by atoms with van der Waals surface area (Å²) < 4.78 is 6.18. The Labute approximate surface area is 136 Å². The first kappa shape index (κ1) is 18.0. The number of guanidine groups is 1. The van der Waals surface area contributed by atoms with Crippen LogP contribution in [0, 0.1) is 0 Å². The van der Waals surface area contributed by atoms with Gasteiger partial charge in [0, 0.05) is 45.4 Å². The third-order valence-corrected chi connectivity index (χ3v) is 4.02.